The molecule has 2 nitrogen and oxygen atoms in total. The van der Waals surface area contributed by atoms with E-state index in [1.807, 2.05) is 6.07 Å². The lowest BCUT2D eigenvalue weighted by Crippen LogP contribution is -2.02. The Morgan fingerprint density at radius 1 is 1.06 bits per heavy atom. The summed E-state index contributed by atoms with van der Waals surface area (Å²) in [6.07, 6.45) is 0. The Balaban J connectivity index is 2.47. The molecule has 18 heavy (non-hydrogen) atoms. The van der Waals surface area contributed by atoms with Crippen LogP contribution < -0.4 is 0 Å². The molecule has 0 aliphatic rings. The highest BCUT2D eigenvalue weighted by Crippen LogP contribution is 2.23. The molecular formula is C13H8Br2ClNO. The number of pyridine rings is 1. The van der Waals surface area contributed by atoms with Gasteiger partial charge >= 0.3 is 0 Å². The second kappa shape index (κ2) is 5.51. The van der Waals surface area contributed by atoms with Crippen molar-refractivity contribution in [3.63, 3.8) is 0 Å². The lowest BCUT2D eigenvalue weighted by molar-refractivity contribution is 0.103. The van der Waals surface area contributed by atoms with E-state index in [2.05, 4.69) is 36.8 Å². The van der Waals surface area contributed by atoms with Crippen molar-refractivity contribution in [3.05, 3.63) is 61.3 Å². The summed E-state index contributed by atoms with van der Waals surface area (Å²) < 4.78 is 1.69. The monoisotopic (exact) mass is 387 g/mol. The lowest BCUT2D eigenvalue weighted by Gasteiger charge is -2.04. The fraction of sp³-hybridized carbons (Fsp3) is 0.0769. The van der Waals surface area contributed by atoms with Crippen molar-refractivity contribution in [2.45, 2.75) is 6.92 Å². The molecule has 0 N–H and O–H groups in total. The van der Waals surface area contributed by atoms with Gasteiger partial charge in [0.15, 0.2) is 5.78 Å². The Labute approximate surface area is 127 Å². The zero-order valence-electron chi connectivity index (χ0n) is 9.38. The van der Waals surface area contributed by atoms with Crippen LogP contribution in [0.2, 0.25) is 5.15 Å². The number of nitrogens with zero attached hydrogens (tertiary/aromatic N) is 1. The number of carbonyl (C=O) groups excluding carboxylic acids is 1. The molecule has 1 heterocycles. The molecule has 92 valence electrons. The van der Waals surface area contributed by atoms with Gasteiger partial charge in [0.05, 0.1) is 0 Å². The standard InChI is InChI=1S/C13H8Br2ClNO/c1-7-2-8(5-12(16)17-7)13(18)9-3-10(14)6-11(15)4-9/h2-6H,1H3. The molecule has 1 aromatic carbocycles. The van der Waals surface area contributed by atoms with E-state index in [4.69, 9.17) is 11.6 Å². The Morgan fingerprint density at radius 2 is 1.61 bits per heavy atom. The van der Waals surface area contributed by atoms with Gasteiger partial charge in [0.1, 0.15) is 5.15 Å². The third-order valence-electron chi connectivity index (χ3n) is 2.31. The molecule has 0 radical (unpaired) electrons. The SMILES string of the molecule is Cc1cc(C(=O)c2cc(Br)cc(Br)c2)cc(Cl)n1. The minimum atomic E-state index is -0.0793. The van der Waals surface area contributed by atoms with Crippen LogP contribution in [-0.4, -0.2) is 10.8 Å². The van der Waals surface area contributed by atoms with E-state index in [1.54, 1.807) is 31.2 Å². The number of aryl methyl sites for hydroxylation is 1. The molecule has 0 atom stereocenters. The summed E-state index contributed by atoms with van der Waals surface area (Å²) in [6.45, 7) is 1.81. The second-order valence-electron chi connectivity index (χ2n) is 3.81. The number of carbonyl (C=O) groups is 1. The molecule has 0 fully saturated rings. The average Bonchev–Trinajstić information content (AvgIpc) is 2.25. The number of rotatable bonds is 2. The predicted molar refractivity (Wildman–Crippen MR) is 79.3 cm³/mol. The van der Waals surface area contributed by atoms with Crippen LogP contribution in [0.1, 0.15) is 21.6 Å². The summed E-state index contributed by atoms with van der Waals surface area (Å²) in [5, 5.41) is 0.326. The van der Waals surface area contributed by atoms with Gasteiger partial charge < -0.3 is 0 Å². The molecule has 0 unspecified atom stereocenters. The Kier molecular flexibility index (Phi) is 4.20. The van der Waals surface area contributed by atoms with Gasteiger partial charge in [-0.2, -0.15) is 0 Å². The molecule has 0 saturated heterocycles. The quantitative estimate of drug-likeness (QED) is 0.546. The summed E-state index contributed by atoms with van der Waals surface area (Å²) in [5.74, 6) is -0.0793. The number of hydrogen-bond acceptors (Lipinski definition) is 2. The zero-order valence-corrected chi connectivity index (χ0v) is 13.3. The van der Waals surface area contributed by atoms with E-state index in [-0.39, 0.29) is 5.78 Å². The van der Waals surface area contributed by atoms with Crippen molar-refractivity contribution < 1.29 is 4.79 Å². The van der Waals surface area contributed by atoms with Gasteiger partial charge in [-0.25, -0.2) is 4.98 Å². The molecule has 1 aromatic heterocycles. The van der Waals surface area contributed by atoms with Crippen molar-refractivity contribution >= 4 is 49.2 Å². The van der Waals surface area contributed by atoms with Crippen LogP contribution in [0.4, 0.5) is 0 Å². The van der Waals surface area contributed by atoms with Crippen LogP contribution in [0.25, 0.3) is 0 Å². The van der Waals surface area contributed by atoms with E-state index in [1.165, 1.54) is 0 Å². The molecule has 2 aromatic rings. The molecule has 0 aliphatic heterocycles. The summed E-state index contributed by atoms with van der Waals surface area (Å²) in [7, 11) is 0. The van der Waals surface area contributed by atoms with Crippen LogP contribution in [0, 0.1) is 6.92 Å². The Hall–Kier alpha value is -0.710. The van der Waals surface area contributed by atoms with Gasteiger partial charge in [0.2, 0.25) is 0 Å². The number of benzene rings is 1. The van der Waals surface area contributed by atoms with Crippen LogP contribution >= 0.6 is 43.5 Å². The highest BCUT2D eigenvalue weighted by atomic mass is 79.9. The Bertz CT molecular complexity index is 534. The van der Waals surface area contributed by atoms with Crippen LogP contribution in [0.15, 0.2) is 39.3 Å². The highest BCUT2D eigenvalue weighted by molar-refractivity contribution is 9.11. The van der Waals surface area contributed by atoms with E-state index in [9.17, 15) is 4.79 Å². The maximum Gasteiger partial charge on any atom is 0.193 e. The first-order valence-corrected chi connectivity index (χ1v) is 7.07. The van der Waals surface area contributed by atoms with Crippen molar-refractivity contribution in [3.8, 4) is 0 Å². The fourth-order valence-electron chi connectivity index (χ4n) is 1.61. The molecule has 0 saturated carbocycles. The molecule has 0 aliphatic carbocycles. The largest absolute Gasteiger partial charge is 0.289 e. The van der Waals surface area contributed by atoms with Gasteiger partial charge in [-0.1, -0.05) is 43.5 Å². The molecule has 0 amide bonds. The number of halogens is 3. The summed E-state index contributed by atoms with van der Waals surface area (Å²) >= 11 is 12.6. The highest BCUT2D eigenvalue weighted by Gasteiger charge is 2.12. The summed E-state index contributed by atoms with van der Waals surface area (Å²) in [5.41, 5.74) is 1.86. The normalized spacial score (nSPS) is 10.4. The summed E-state index contributed by atoms with van der Waals surface area (Å²) in [6, 6.07) is 8.73. The minimum Gasteiger partial charge on any atom is -0.289 e. The molecule has 2 rings (SSSR count). The smallest absolute Gasteiger partial charge is 0.193 e. The first-order valence-electron chi connectivity index (χ1n) is 5.11. The lowest BCUT2D eigenvalue weighted by atomic mass is 10.0. The average molecular weight is 389 g/mol. The van der Waals surface area contributed by atoms with E-state index in [0.717, 1.165) is 14.6 Å². The van der Waals surface area contributed by atoms with Gasteiger partial charge in [-0.3, -0.25) is 4.79 Å². The van der Waals surface area contributed by atoms with Crippen LogP contribution in [-0.2, 0) is 0 Å². The topological polar surface area (TPSA) is 30.0 Å². The maximum absolute atomic E-state index is 12.3. The second-order valence-corrected chi connectivity index (χ2v) is 6.03. The van der Waals surface area contributed by atoms with Gasteiger partial charge in [0, 0.05) is 25.8 Å². The predicted octanol–water partition coefficient (Wildman–Crippen LogP) is 4.80. The van der Waals surface area contributed by atoms with Crippen molar-refractivity contribution in [2.24, 2.45) is 0 Å². The van der Waals surface area contributed by atoms with E-state index >= 15 is 0 Å². The molecule has 0 bridgehead atoms. The van der Waals surface area contributed by atoms with Crippen LogP contribution in [0.3, 0.4) is 0 Å². The number of hydrogen-bond donors (Lipinski definition) is 0. The molecular weight excluding hydrogens is 381 g/mol. The van der Waals surface area contributed by atoms with Crippen molar-refractivity contribution in [2.75, 3.05) is 0 Å². The first-order chi connectivity index (χ1) is 8.45. The third-order valence-corrected chi connectivity index (χ3v) is 3.42. The first kappa shape index (κ1) is 13.7. The number of ketones is 1. The number of aromatic nitrogens is 1. The fourth-order valence-corrected chi connectivity index (χ4v) is 3.16. The van der Waals surface area contributed by atoms with Crippen molar-refractivity contribution in [1.29, 1.82) is 0 Å². The third kappa shape index (κ3) is 3.19. The van der Waals surface area contributed by atoms with E-state index in [0.29, 0.717) is 16.3 Å². The molecule has 5 heteroatoms. The van der Waals surface area contributed by atoms with Gasteiger partial charge in [0.25, 0.3) is 0 Å². The van der Waals surface area contributed by atoms with Crippen LogP contribution in [0.5, 0.6) is 0 Å². The van der Waals surface area contributed by atoms with Gasteiger partial charge in [-0.15, -0.1) is 0 Å². The zero-order chi connectivity index (χ0) is 13.3. The Morgan fingerprint density at radius 3 is 2.17 bits per heavy atom. The maximum atomic E-state index is 12.3. The van der Waals surface area contributed by atoms with E-state index < -0.39 is 0 Å². The minimum absolute atomic E-state index is 0.0793. The van der Waals surface area contributed by atoms with Gasteiger partial charge in [-0.05, 0) is 37.3 Å². The van der Waals surface area contributed by atoms with Crippen molar-refractivity contribution in [1.82, 2.24) is 4.98 Å². The summed E-state index contributed by atoms with van der Waals surface area (Å²) in [4.78, 5) is 16.4. The molecule has 0 spiro atoms.